The zero-order chi connectivity index (χ0) is 15.2. The fourth-order valence-electron chi connectivity index (χ4n) is 1.70. The van der Waals surface area contributed by atoms with E-state index >= 15 is 0 Å². The Morgan fingerprint density at radius 1 is 1.19 bits per heavy atom. The molecule has 0 aliphatic rings. The number of para-hydroxylation sites is 1. The monoisotopic (exact) mass is 284 g/mol. The Kier molecular flexibility index (Phi) is 4.48. The fourth-order valence-corrected chi connectivity index (χ4v) is 1.70. The first-order valence-corrected chi connectivity index (χ1v) is 6.00. The van der Waals surface area contributed by atoms with Crippen LogP contribution in [0.3, 0.4) is 0 Å². The Morgan fingerprint density at radius 2 is 1.95 bits per heavy atom. The zero-order valence-electron chi connectivity index (χ0n) is 10.8. The predicted molar refractivity (Wildman–Crippen MR) is 76.0 cm³/mol. The molecule has 106 valence electrons. The summed E-state index contributed by atoms with van der Waals surface area (Å²) in [6, 6.07) is 13.9. The van der Waals surface area contributed by atoms with E-state index in [1.54, 1.807) is 30.3 Å². The molecule has 0 aromatic heterocycles. The molecule has 0 saturated heterocycles. The van der Waals surface area contributed by atoms with Crippen LogP contribution >= 0.6 is 0 Å². The third kappa shape index (κ3) is 3.77. The average molecular weight is 284 g/mol. The molecule has 2 rings (SSSR count). The number of carbonyl (C=O) groups excluding carboxylic acids is 1. The van der Waals surface area contributed by atoms with Gasteiger partial charge in [-0.05, 0) is 18.2 Å². The van der Waals surface area contributed by atoms with Crippen LogP contribution in [-0.4, -0.2) is 11.2 Å². The number of hydrogen-bond acceptors (Lipinski definition) is 4. The molecule has 1 unspecified atom stereocenters. The van der Waals surface area contributed by atoms with Crippen LogP contribution in [0, 0.1) is 16.5 Å². The molecule has 2 aromatic carbocycles. The minimum Gasteiger partial charge on any atom is -0.595 e. The van der Waals surface area contributed by atoms with Crippen molar-refractivity contribution in [2.45, 2.75) is 0 Å². The Balaban J connectivity index is 2.09. The SMILES string of the molecule is N#Cc1ccccc1NC(=O)Nc1cccc([NH+]([O-])O)c1. The second-order valence-electron chi connectivity index (χ2n) is 4.12. The van der Waals surface area contributed by atoms with Gasteiger partial charge in [0.15, 0.2) is 5.69 Å². The van der Waals surface area contributed by atoms with Gasteiger partial charge in [-0.15, -0.1) is 0 Å². The Bertz CT molecular complexity index is 695. The molecule has 0 spiro atoms. The minimum absolute atomic E-state index is 0.0743. The van der Waals surface area contributed by atoms with Crippen molar-refractivity contribution in [3.8, 4) is 6.07 Å². The number of anilines is 2. The molecule has 4 N–H and O–H groups in total. The molecule has 0 saturated carbocycles. The average Bonchev–Trinajstić information content (AvgIpc) is 2.48. The lowest BCUT2D eigenvalue weighted by Crippen LogP contribution is -2.99. The summed E-state index contributed by atoms with van der Waals surface area (Å²) in [5.41, 5.74) is 1.14. The van der Waals surface area contributed by atoms with Crippen LogP contribution in [0.2, 0.25) is 0 Å². The Morgan fingerprint density at radius 3 is 2.67 bits per heavy atom. The van der Waals surface area contributed by atoms with E-state index in [1.165, 1.54) is 18.2 Å². The number of nitrogens with one attached hydrogen (secondary N) is 3. The van der Waals surface area contributed by atoms with Crippen molar-refractivity contribution in [2.24, 2.45) is 0 Å². The summed E-state index contributed by atoms with van der Waals surface area (Å²) in [7, 11) is 0. The van der Waals surface area contributed by atoms with Gasteiger partial charge in [-0.2, -0.15) is 10.5 Å². The van der Waals surface area contributed by atoms with Gasteiger partial charge in [-0.3, -0.25) is 0 Å². The summed E-state index contributed by atoms with van der Waals surface area (Å²) < 4.78 is 0. The highest BCUT2D eigenvalue weighted by molar-refractivity contribution is 6.00. The molecule has 1 atom stereocenters. The number of quaternary nitrogens is 1. The van der Waals surface area contributed by atoms with Crippen LogP contribution in [0.15, 0.2) is 48.5 Å². The molecule has 0 heterocycles. The van der Waals surface area contributed by atoms with Crippen molar-refractivity contribution in [3.63, 3.8) is 0 Å². The van der Waals surface area contributed by atoms with Crippen LogP contribution in [-0.2, 0) is 0 Å². The lowest BCUT2D eigenvalue weighted by atomic mass is 10.2. The van der Waals surface area contributed by atoms with Crippen LogP contribution in [0.25, 0.3) is 0 Å². The number of nitrogens with zero attached hydrogens (tertiary/aromatic N) is 1. The number of amides is 2. The lowest BCUT2D eigenvalue weighted by molar-refractivity contribution is -0.991. The topological polar surface area (TPSA) is 113 Å². The molecular weight excluding hydrogens is 272 g/mol. The highest BCUT2D eigenvalue weighted by atomic mass is 16.8. The van der Waals surface area contributed by atoms with Gasteiger partial charge in [0.25, 0.3) is 0 Å². The van der Waals surface area contributed by atoms with Crippen molar-refractivity contribution >= 4 is 23.1 Å². The number of hydrogen-bond donors (Lipinski definition) is 4. The molecule has 2 aromatic rings. The van der Waals surface area contributed by atoms with E-state index in [4.69, 9.17) is 10.5 Å². The van der Waals surface area contributed by atoms with Gasteiger partial charge >= 0.3 is 6.03 Å². The summed E-state index contributed by atoms with van der Waals surface area (Å²) in [6.07, 6.45) is 0. The van der Waals surface area contributed by atoms with Crippen molar-refractivity contribution in [1.82, 2.24) is 0 Å². The quantitative estimate of drug-likeness (QED) is 0.641. The normalized spacial score (nSPS) is 11.3. The van der Waals surface area contributed by atoms with E-state index in [0.717, 1.165) is 0 Å². The van der Waals surface area contributed by atoms with Crippen LogP contribution < -0.4 is 15.9 Å². The van der Waals surface area contributed by atoms with E-state index < -0.39 is 11.3 Å². The first-order valence-electron chi connectivity index (χ1n) is 6.00. The van der Waals surface area contributed by atoms with E-state index in [9.17, 15) is 10.0 Å². The third-order valence-electron chi connectivity index (χ3n) is 2.66. The Labute approximate surface area is 120 Å². The minimum atomic E-state index is -1.08. The fraction of sp³-hybridized carbons (Fsp3) is 0. The Hall–Kier alpha value is -2.92. The standard InChI is InChI=1S/C14H12N4O3/c15-9-10-4-1-2-7-13(10)17-14(19)16-11-5-3-6-12(8-11)18(20)21/h1-8,18,20H,(H2,16,17,19). The van der Waals surface area contributed by atoms with Crippen molar-refractivity contribution in [1.29, 1.82) is 5.26 Å². The second-order valence-corrected chi connectivity index (χ2v) is 4.12. The largest absolute Gasteiger partial charge is 0.595 e. The van der Waals surface area contributed by atoms with E-state index in [0.29, 0.717) is 16.9 Å². The van der Waals surface area contributed by atoms with Crippen molar-refractivity contribution < 1.29 is 15.2 Å². The van der Waals surface area contributed by atoms with Gasteiger partial charge in [0.1, 0.15) is 6.07 Å². The molecule has 2 amide bonds. The maximum atomic E-state index is 11.9. The summed E-state index contributed by atoms with van der Waals surface area (Å²) in [6.45, 7) is 0. The molecule has 7 nitrogen and oxygen atoms in total. The molecule has 0 aliphatic carbocycles. The highest BCUT2D eigenvalue weighted by Crippen LogP contribution is 2.15. The summed E-state index contributed by atoms with van der Waals surface area (Å²) in [5.74, 6) is 0. The molecule has 0 bridgehead atoms. The lowest BCUT2D eigenvalue weighted by Gasteiger charge is -2.13. The molecule has 0 fully saturated rings. The molecule has 0 radical (unpaired) electrons. The molecule has 7 heteroatoms. The summed E-state index contributed by atoms with van der Waals surface area (Å²) in [5, 5.41) is 32.6. The first-order chi connectivity index (χ1) is 10.1. The van der Waals surface area contributed by atoms with Gasteiger partial charge in [0, 0.05) is 17.8 Å². The molecule has 0 aliphatic heterocycles. The smallest absolute Gasteiger partial charge is 0.323 e. The van der Waals surface area contributed by atoms with Gasteiger partial charge < -0.3 is 15.8 Å². The second kappa shape index (κ2) is 6.49. The maximum absolute atomic E-state index is 11.9. The first kappa shape index (κ1) is 14.5. The maximum Gasteiger partial charge on any atom is 0.323 e. The van der Waals surface area contributed by atoms with Crippen molar-refractivity contribution in [2.75, 3.05) is 10.6 Å². The van der Waals surface area contributed by atoms with Crippen LogP contribution in [0.5, 0.6) is 0 Å². The third-order valence-corrected chi connectivity index (χ3v) is 2.66. The number of urea groups is 1. The summed E-state index contributed by atoms with van der Waals surface area (Å²) in [4.78, 5) is 11.9. The number of benzene rings is 2. The van der Waals surface area contributed by atoms with Gasteiger partial charge in [0.05, 0.1) is 11.3 Å². The predicted octanol–water partition coefficient (Wildman–Crippen LogP) is 1.61. The van der Waals surface area contributed by atoms with E-state index in [1.807, 2.05) is 6.07 Å². The van der Waals surface area contributed by atoms with E-state index in [2.05, 4.69) is 10.6 Å². The van der Waals surface area contributed by atoms with Gasteiger partial charge in [-0.1, -0.05) is 18.2 Å². The zero-order valence-corrected chi connectivity index (χ0v) is 10.8. The number of rotatable bonds is 3. The van der Waals surface area contributed by atoms with Crippen LogP contribution in [0.1, 0.15) is 5.56 Å². The molecule has 21 heavy (non-hydrogen) atoms. The van der Waals surface area contributed by atoms with Crippen LogP contribution in [0.4, 0.5) is 21.9 Å². The van der Waals surface area contributed by atoms with Crippen molar-refractivity contribution in [3.05, 3.63) is 59.3 Å². The number of nitriles is 1. The summed E-state index contributed by atoms with van der Waals surface area (Å²) >= 11 is 0. The van der Waals surface area contributed by atoms with E-state index in [-0.39, 0.29) is 5.69 Å². The number of carbonyl (C=O) groups is 1. The highest BCUT2D eigenvalue weighted by Gasteiger charge is 2.08. The van der Waals surface area contributed by atoms with Gasteiger partial charge in [-0.25, -0.2) is 10.0 Å². The van der Waals surface area contributed by atoms with Gasteiger partial charge in [0.2, 0.25) is 0 Å². The molecular formula is C14H12N4O3.